The van der Waals surface area contributed by atoms with E-state index in [0.717, 1.165) is 42.1 Å². The molecule has 0 bridgehead atoms. The summed E-state index contributed by atoms with van der Waals surface area (Å²) in [5.74, 6) is 0. The molecule has 1 nitrogen and oxygen atoms in total. The van der Waals surface area contributed by atoms with Crippen molar-refractivity contribution in [1.29, 1.82) is 0 Å². The Balaban J connectivity index is 2.76. The summed E-state index contributed by atoms with van der Waals surface area (Å²) in [7, 11) is 0. The Bertz CT molecular complexity index is 540. The number of rotatable bonds is 4. The number of nitrogens with one attached hydrogen (secondary N) is 1. The van der Waals surface area contributed by atoms with Crippen molar-refractivity contribution < 1.29 is 0 Å². The van der Waals surface area contributed by atoms with Gasteiger partial charge in [0, 0.05) is 5.41 Å². The molecule has 0 spiro atoms. The van der Waals surface area contributed by atoms with Gasteiger partial charge in [0.15, 0.2) is 0 Å². The molecule has 0 aromatic heterocycles. The fourth-order valence-corrected chi connectivity index (χ4v) is 3.58. The molecule has 1 heterocycles. The van der Waals surface area contributed by atoms with Crippen LogP contribution >= 0.6 is 11.6 Å². The van der Waals surface area contributed by atoms with E-state index in [-0.39, 0.29) is 5.41 Å². The standard InChI is InChI=1S/C17H22ClN/c1-5-11-17(8-4)14(7-3)19-16-13(18)10-9-12(6-2)15(16)17/h9-10,19H,3,5-6,8,11H2,1-2,4H3. The Kier molecular flexibility index (Phi) is 4.08. The van der Waals surface area contributed by atoms with Crippen molar-refractivity contribution >= 4 is 17.3 Å². The Labute approximate surface area is 121 Å². The lowest BCUT2D eigenvalue weighted by molar-refractivity contribution is 0.455. The van der Waals surface area contributed by atoms with E-state index in [0.29, 0.717) is 0 Å². The van der Waals surface area contributed by atoms with Gasteiger partial charge in [-0.25, -0.2) is 0 Å². The van der Waals surface area contributed by atoms with E-state index >= 15 is 0 Å². The molecule has 1 aliphatic rings. The van der Waals surface area contributed by atoms with Crippen LogP contribution in [0.25, 0.3) is 0 Å². The minimum atomic E-state index is 0.0159. The van der Waals surface area contributed by atoms with Gasteiger partial charge >= 0.3 is 0 Å². The quantitative estimate of drug-likeness (QED) is 0.721. The molecule has 102 valence electrons. The molecule has 1 unspecified atom stereocenters. The van der Waals surface area contributed by atoms with Crippen LogP contribution in [-0.2, 0) is 11.8 Å². The highest BCUT2D eigenvalue weighted by atomic mass is 35.5. The van der Waals surface area contributed by atoms with Crippen molar-refractivity contribution in [2.45, 2.75) is 51.9 Å². The molecule has 0 aliphatic carbocycles. The van der Waals surface area contributed by atoms with Crippen LogP contribution in [-0.4, -0.2) is 0 Å². The first-order valence-electron chi connectivity index (χ1n) is 7.14. The summed E-state index contributed by atoms with van der Waals surface area (Å²) in [6, 6.07) is 4.15. The zero-order chi connectivity index (χ0) is 14.0. The molecule has 0 radical (unpaired) electrons. The molecule has 19 heavy (non-hydrogen) atoms. The zero-order valence-corrected chi connectivity index (χ0v) is 12.8. The van der Waals surface area contributed by atoms with Gasteiger partial charge in [0.05, 0.1) is 16.4 Å². The number of aryl methyl sites for hydroxylation is 1. The fraction of sp³-hybridized carbons (Fsp3) is 0.471. The maximum atomic E-state index is 6.38. The van der Waals surface area contributed by atoms with E-state index in [1.807, 2.05) is 6.07 Å². The molecule has 1 aliphatic heterocycles. The lowest BCUT2D eigenvalue weighted by Gasteiger charge is -2.30. The molecule has 2 rings (SSSR count). The monoisotopic (exact) mass is 275 g/mol. The van der Waals surface area contributed by atoms with Gasteiger partial charge in [-0.3, -0.25) is 0 Å². The lowest BCUT2D eigenvalue weighted by Crippen LogP contribution is -2.26. The summed E-state index contributed by atoms with van der Waals surface area (Å²) >= 11 is 6.38. The Morgan fingerprint density at radius 2 is 2.05 bits per heavy atom. The predicted molar refractivity (Wildman–Crippen MR) is 84.0 cm³/mol. The van der Waals surface area contributed by atoms with Crippen molar-refractivity contribution in [3.05, 3.63) is 46.3 Å². The molecule has 1 N–H and O–H groups in total. The number of anilines is 1. The summed E-state index contributed by atoms with van der Waals surface area (Å²) in [4.78, 5) is 0. The number of allylic oxidation sites excluding steroid dienone is 1. The van der Waals surface area contributed by atoms with Crippen molar-refractivity contribution in [1.82, 2.24) is 0 Å². The van der Waals surface area contributed by atoms with Crippen molar-refractivity contribution in [3.63, 3.8) is 0 Å². The molecule has 0 saturated heterocycles. The van der Waals surface area contributed by atoms with Crippen LogP contribution in [0, 0.1) is 0 Å². The van der Waals surface area contributed by atoms with Crippen LogP contribution in [0.15, 0.2) is 30.1 Å². The molecule has 0 fully saturated rings. The molecular formula is C17H22ClN. The van der Waals surface area contributed by atoms with Gasteiger partial charge in [-0.15, -0.1) is 5.73 Å². The number of benzene rings is 1. The topological polar surface area (TPSA) is 12.0 Å². The van der Waals surface area contributed by atoms with Gasteiger partial charge in [0.1, 0.15) is 0 Å². The molecule has 0 amide bonds. The zero-order valence-electron chi connectivity index (χ0n) is 12.1. The average Bonchev–Trinajstić information content (AvgIpc) is 2.76. The van der Waals surface area contributed by atoms with Crippen LogP contribution in [0.1, 0.15) is 51.2 Å². The third-order valence-electron chi connectivity index (χ3n) is 4.29. The van der Waals surface area contributed by atoms with Gasteiger partial charge in [-0.1, -0.05) is 51.4 Å². The van der Waals surface area contributed by atoms with Crippen LogP contribution in [0.3, 0.4) is 0 Å². The highest BCUT2D eigenvalue weighted by Gasteiger charge is 2.43. The van der Waals surface area contributed by atoms with Crippen LogP contribution in [0.5, 0.6) is 0 Å². The van der Waals surface area contributed by atoms with Crippen LogP contribution < -0.4 is 5.32 Å². The summed E-state index contributed by atoms with van der Waals surface area (Å²) in [5.41, 5.74) is 8.05. The molecular weight excluding hydrogens is 254 g/mol. The third kappa shape index (κ3) is 2.02. The fourth-order valence-electron chi connectivity index (χ4n) is 3.37. The summed E-state index contributed by atoms with van der Waals surface area (Å²) < 4.78 is 0. The maximum Gasteiger partial charge on any atom is 0.0684 e. The summed E-state index contributed by atoms with van der Waals surface area (Å²) in [5, 5.41) is 4.26. The molecule has 1 atom stereocenters. The third-order valence-corrected chi connectivity index (χ3v) is 4.60. The first-order valence-corrected chi connectivity index (χ1v) is 7.51. The molecule has 1 aromatic carbocycles. The first kappa shape index (κ1) is 14.2. The average molecular weight is 276 g/mol. The minimum Gasteiger partial charge on any atom is -0.350 e. The SMILES string of the molecule is C=C=C1Nc2c(Cl)ccc(CC)c2C1(CC)CCC. The highest BCUT2D eigenvalue weighted by molar-refractivity contribution is 6.33. The van der Waals surface area contributed by atoms with E-state index in [4.69, 9.17) is 11.6 Å². The van der Waals surface area contributed by atoms with E-state index in [9.17, 15) is 0 Å². The van der Waals surface area contributed by atoms with Crippen molar-refractivity contribution in [2.75, 3.05) is 5.32 Å². The first-order chi connectivity index (χ1) is 9.14. The van der Waals surface area contributed by atoms with Gasteiger partial charge in [-0.05, 0) is 36.5 Å². The Hall–Kier alpha value is -1.17. The number of fused-ring (bicyclic) bond motifs is 1. The Morgan fingerprint density at radius 1 is 1.32 bits per heavy atom. The molecule has 1 aromatic rings. The maximum absolute atomic E-state index is 6.38. The van der Waals surface area contributed by atoms with Gasteiger partial charge in [0.2, 0.25) is 0 Å². The number of hydrogen-bond acceptors (Lipinski definition) is 1. The summed E-state index contributed by atoms with van der Waals surface area (Å²) in [6.07, 6.45) is 4.31. The minimum absolute atomic E-state index is 0.0159. The van der Waals surface area contributed by atoms with Gasteiger partial charge < -0.3 is 5.32 Å². The van der Waals surface area contributed by atoms with E-state index in [2.05, 4.69) is 44.5 Å². The molecule has 2 heteroatoms. The predicted octanol–water partition coefficient (Wildman–Crippen LogP) is 5.44. The van der Waals surface area contributed by atoms with Crippen LogP contribution in [0.4, 0.5) is 5.69 Å². The largest absolute Gasteiger partial charge is 0.350 e. The van der Waals surface area contributed by atoms with E-state index < -0.39 is 0 Å². The van der Waals surface area contributed by atoms with E-state index in [1.165, 1.54) is 11.1 Å². The lowest BCUT2D eigenvalue weighted by atomic mass is 9.72. The summed E-state index contributed by atoms with van der Waals surface area (Å²) in [6.45, 7) is 10.5. The van der Waals surface area contributed by atoms with Gasteiger partial charge in [0.25, 0.3) is 0 Å². The van der Waals surface area contributed by atoms with Gasteiger partial charge in [-0.2, -0.15) is 0 Å². The van der Waals surface area contributed by atoms with Crippen LogP contribution in [0.2, 0.25) is 5.02 Å². The normalized spacial score (nSPS) is 20.9. The second-order valence-electron chi connectivity index (χ2n) is 5.17. The Morgan fingerprint density at radius 3 is 2.58 bits per heavy atom. The second kappa shape index (κ2) is 5.45. The van der Waals surface area contributed by atoms with Crippen molar-refractivity contribution in [3.8, 4) is 0 Å². The highest BCUT2D eigenvalue weighted by Crippen LogP contribution is 2.52. The second-order valence-corrected chi connectivity index (χ2v) is 5.58. The van der Waals surface area contributed by atoms with E-state index in [1.54, 1.807) is 0 Å². The molecule has 0 saturated carbocycles. The van der Waals surface area contributed by atoms with Crippen molar-refractivity contribution in [2.24, 2.45) is 0 Å². The number of halogens is 1. The smallest absolute Gasteiger partial charge is 0.0684 e. The number of hydrogen-bond donors (Lipinski definition) is 1.